The molecule has 0 N–H and O–H groups in total. The van der Waals surface area contributed by atoms with Gasteiger partial charge in [0, 0.05) is 10.8 Å². The first kappa shape index (κ1) is 31.3. The Labute approximate surface area is 317 Å². The first-order chi connectivity index (χ1) is 26.3. The highest BCUT2D eigenvalue weighted by Gasteiger charge is 2.37. The molecule has 0 nitrogen and oxygen atoms in total. The van der Waals surface area contributed by atoms with Crippen molar-refractivity contribution in [2.45, 2.75) is 38.5 Å². The van der Waals surface area contributed by atoms with Crippen LogP contribution in [0.2, 0.25) is 0 Å². The Morgan fingerprint density at radius 3 is 1.31 bits per heavy atom. The molecule has 0 bridgehead atoms. The Morgan fingerprint density at radius 1 is 0.278 bits per heavy atom. The number of hydrogen-bond acceptors (Lipinski definition) is 0. The van der Waals surface area contributed by atoms with Gasteiger partial charge >= 0.3 is 0 Å². The Hall–Kier alpha value is -6.24. The van der Waals surface area contributed by atoms with Gasteiger partial charge in [-0.3, -0.25) is 0 Å². The van der Waals surface area contributed by atoms with E-state index in [0.29, 0.717) is 0 Å². The van der Waals surface area contributed by atoms with E-state index in [-0.39, 0.29) is 10.8 Å². The predicted octanol–water partition coefficient (Wildman–Crippen LogP) is 14.8. The van der Waals surface area contributed by atoms with Crippen LogP contribution in [-0.2, 0) is 10.8 Å². The number of hydrogen-bond donors (Lipinski definition) is 0. The molecule has 0 aliphatic heterocycles. The zero-order valence-corrected chi connectivity index (χ0v) is 31.2. The van der Waals surface area contributed by atoms with Crippen molar-refractivity contribution in [2.24, 2.45) is 0 Å². The van der Waals surface area contributed by atoms with Crippen molar-refractivity contribution in [3.05, 3.63) is 192 Å². The number of fused-ring (bicyclic) bond motifs is 9. The Morgan fingerprint density at radius 2 is 0.704 bits per heavy atom. The lowest BCUT2D eigenvalue weighted by atomic mass is 9.79. The van der Waals surface area contributed by atoms with Crippen molar-refractivity contribution < 1.29 is 0 Å². The summed E-state index contributed by atoms with van der Waals surface area (Å²) in [6, 6.07) is 64.2. The minimum atomic E-state index is -0.0848. The van der Waals surface area contributed by atoms with E-state index in [1.165, 1.54) is 110 Å². The molecular formula is C54H40. The van der Waals surface area contributed by atoms with Gasteiger partial charge in [-0.25, -0.2) is 0 Å². The van der Waals surface area contributed by atoms with E-state index in [1.807, 2.05) is 0 Å². The van der Waals surface area contributed by atoms with Crippen molar-refractivity contribution in [3.63, 3.8) is 0 Å². The van der Waals surface area contributed by atoms with Gasteiger partial charge in [-0.2, -0.15) is 0 Å². The lowest BCUT2D eigenvalue weighted by Crippen LogP contribution is -2.15. The van der Waals surface area contributed by atoms with Gasteiger partial charge in [0.2, 0.25) is 0 Å². The monoisotopic (exact) mass is 688 g/mol. The zero-order valence-electron chi connectivity index (χ0n) is 31.2. The van der Waals surface area contributed by atoms with Crippen molar-refractivity contribution in [1.82, 2.24) is 0 Å². The Bertz CT molecular complexity index is 3040. The summed E-state index contributed by atoms with van der Waals surface area (Å²) in [5.74, 6) is 0. The second-order valence-electron chi connectivity index (χ2n) is 16.5. The number of rotatable bonds is 3. The van der Waals surface area contributed by atoms with Gasteiger partial charge in [-0.15, -0.1) is 0 Å². The molecule has 0 amide bonds. The molecule has 0 heteroatoms. The van der Waals surface area contributed by atoms with Crippen LogP contribution in [0.3, 0.4) is 0 Å². The van der Waals surface area contributed by atoms with Crippen molar-refractivity contribution in [1.29, 1.82) is 0 Å². The molecule has 0 radical (unpaired) electrons. The van der Waals surface area contributed by atoms with Gasteiger partial charge in [-0.1, -0.05) is 173 Å². The fourth-order valence-corrected chi connectivity index (χ4v) is 10.1. The lowest BCUT2D eigenvalue weighted by Gasteiger charge is -2.24. The fourth-order valence-electron chi connectivity index (χ4n) is 10.1. The summed E-state index contributed by atoms with van der Waals surface area (Å²) < 4.78 is 0. The second-order valence-corrected chi connectivity index (χ2v) is 16.5. The van der Waals surface area contributed by atoms with Gasteiger partial charge in [0.05, 0.1) is 0 Å². The predicted molar refractivity (Wildman–Crippen MR) is 230 cm³/mol. The smallest absolute Gasteiger partial charge is 0.0159 e. The van der Waals surface area contributed by atoms with Gasteiger partial charge < -0.3 is 0 Å². The highest BCUT2D eigenvalue weighted by atomic mass is 14.4. The van der Waals surface area contributed by atoms with Crippen molar-refractivity contribution in [2.75, 3.05) is 0 Å². The lowest BCUT2D eigenvalue weighted by molar-refractivity contribution is 0.660. The molecule has 0 spiro atoms. The maximum atomic E-state index is 2.49. The van der Waals surface area contributed by atoms with Crippen LogP contribution < -0.4 is 0 Å². The first-order valence-corrected chi connectivity index (χ1v) is 19.3. The molecule has 0 unspecified atom stereocenters. The Balaban J connectivity index is 1.21. The van der Waals surface area contributed by atoms with Gasteiger partial charge in [0.25, 0.3) is 0 Å². The molecule has 54 heavy (non-hydrogen) atoms. The molecule has 0 fully saturated rings. The summed E-state index contributed by atoms with van der Waals surface area (Å²) in [6.45, 7) is 9.52. The molecule has 11 rings (SSSR count). The molecule has 2 aliphatic rings. The highest BCUT2D eigenvalue weighted by Crippen LogP contribution is 2.53. The molecule has 256 valence electrons. The molecular weight excluding hydrogens is 649 g/mol. The van der Waals surface area contributed by atoms with Crippen LogP contribution in [0.15, 0.2) is 170 Å². The van der Waals surface area contributed by atoms with Gasteiger partial charge in [0.15, 0.2) is 0 Å². The number of benzene rings is 9. The molecule has 0 saturated carbocycles. The van der Waals surface area contributed by atoms with E-state index in [4.69, 9.17) is 0 Å². The van der Waals surface area contributed by atoms with Crippen molar-refractivity contribution in [3.8, 4) is 55.6 Å². The third kappa shape index (κ3) is 4.32. The maximum Gasteiger partial charge on any atom is 0.0159 e. The largest absolute Gasteiger partial charge is 0.0619 e. The van der Waals surface area contributed by atoms with Gasteiger partial charge in [0.1, 0.15) is 0 Å². The van der Waals surface area contributed by atoms with E-state index < -0.39 is 0 Å². The van der Waals surface area contributed by atoms with Crippen LogP contribution in [0.25, 0.3) is 88.0 Å². The van der Waals surface area contributed by atoms with E-state index in [2.05, 4.69) is 198 Å². The maximum absolute atomic E-state index is 2.49. The third-order valence-electron chi connectivity index (χ3n) is 12.9. The van der Waals surface area contributed by atoms with Crippen LogP contribution in [0.1, 0.15) is 49.9 Å². The standard InChI is InChI=1S/C54H40/c1-53(2)47-19-11-9-15-39(47)41-26-24-37(31-49(41)53)51-43-17-7-8-18-44(43)52(38-25-27-42-40-16-10-12-20-48(40)54(3,4)50(42)32-38)46-30-36(23-28-45(46)51)35-22-21-33-13-5-6-14-34(33)29-35/h5-32H,1-4H3. The average Bonchev–Trinajstić information content (AvgIpc) is 3.58. The molecule has 0 heterocycles. The summed E-state index contributed by atoms with van der Waals surface area (Å²) in [6.07, 6.45) is 0. The molecule has 9 aromatic rings. The summed E-state index contributed by atoms with van der Waals surface area (Å²) >= 11 is 0. The zero-order chi connectivity index (χ0) is 36.3. The minimum absolute atomic E-state index is 0.0778. The van der Waals surface area contributed by atoms with Crippen LogP contribution in [-0.4, -0.2) is 0 Å². The minimum Gasteiger partial charge on any atom is -0.0619 e. The topological polar surface area (TPSA) is 0 Å². The normalized spacial score (nSPS) is 14.6. The summed E-state index contributed by atoms with van der Waals surface area (Å²) in [5, 5.41) is 7.66. The summed E-state index contributed by atoms with van der Waals surface area (Å²) in [7, 11) is 0. The molecule has 0 atom stereocenters. The van der Waals surface area contributed by atoms with E-state index in [0.717, 1.165) is 0 Å². The summed E-state index contributed by atoms with van der Waals surface area (Å²) in [5.41, 5.74) is 18.5. The fraction of sp³-hybridized carbons (Fsp3) is 0.111. The van der Waals surface area contributed by atoms with Crippen molar-refractivity contribution >= 4 is 32.3 Å². The van der Waals surface area contributed by atoms with Gasteiger partial charge in [-0.05, 0) is 134 Å². The van der Waals surface area contributed by atoms with Crippen LogP contribution in [0.5, 0.6) is 0 Å². The second kappa shape index (κ2) is 11.1. The SMILES string of the molecule is CC1(C)c2ccccc2-c2ccc(-c3c4ccccc4c(-c4ccc5c(c4)C(C)(C)c4ccccc4-5)c4cc(-c5ccc6ccccc6c5)ccc34)cc21. The molecule has 0 aromatic heterocycles. The molecule has 0 saturated heterocycles. The molecule has 2 aliphatic carbocycles. The van der Waals surface area contributed by atoms with E-state index in [1.54, 1.807) is 0 Å². The average molecular weight is 689 g/mol. The highest BCUT2D eigenvalue weighted by molar-refractivity contribution is 6.22. The molecule has 9 aromatic carbocycles. The Kier molecular flexibility index (Phi) is 6.46. The summed E-state index contributed by atoms with van der Waals surface area (Å²) in [4.78, 5) is 0. The third-order valence-corrected chi connectivity index (χ3v) is 12.9. The van der Waals surface area contributed by atoms with E-state index >= 15 is 0 Å². The van der Waals surface area contributed by atoms with Crippen LogP contribution in [0.4, 0.5) is 0 Å². The van der Waals surface area contributed by atoms with Crippen LogP contribution >= 0.6 is 0 Å². The first-order valence-electron chi connectivity index (χ1n) is 19.3. The van der Waals surface area contributed by atoms with E-state index in [9.17, 15) is 0 Å². The van der Waals surface area contributed by atoms with Crippen LogP contribution in [0, 0.1) is 0 Å². The quantitative estimate of drug-likeness (QED) is 0.162.